The van der Waals surface area contributed by atoms with Gasteiger partial charge in [-0.15, -0.1) is 0 Å². The number of benzene rings is 1. The number of aryl methyl sites for hydroxylation is 1. The SMILES string of the molecule is CC(C)N(CCCc1ccc2c(c1)OCO2)C(C)C. The molecule has 1 heterocycles. The molecular formula is C16H25NO2. The van der Waals surface area contributed by atoms with Crippen molar-refractivity contribution in [2.24, 2.45) is 0 Å². The van der Waals surface area contributed by atoms with Gasteiger partial charge in [0.1, 0.15) is 0 Å². The molecule has 0 aliphatic carbocycles. The first kappa shape index (κ1) is 14.2. The van der Waals surface area contributed by atoms with Crippen molar-refractivity contribution in [3.8, 4) is 11.5 Å². The van der Waals surface area contributed by atoms with Crippen molar-refractivity contribution in [1.82, 2.24) is 4.90 Å². The van der Waals surface area contributed by atoms with Crippen molar-refractivity contribution < 1.29 is 9.47 Å². The zero-order valence-electron chi connectivity index (χ0n) is 12.5. The fraction of sp³-hybridized carbons (Fsp3) is 0.625. The summed E-state index contributed by atoms with van der Waals surface area (Å²) in [6.07, 6.45) is 2.27. The molecule has 1 aliphatic rings. The molecular weight excluding hydrogens is 238 g/mol. The molecule has 0 aromatic heterocycles. The Morgan fingerprint density at radius 1 is 1.05 bits per heavy atom. The van der Waals surface area contributed by atoms with Crippen LogP contribution in [0.25, 0.3) is 0 Å². The van der Waals surface area contributed by atoms with Crippen LogP contribution in [-0.2, 0) is 6.42 Å². The summed E-state index contributed by atoms with van der Waals surface area (Å²) in [4.78, 5) is 2.53. The molecule has 2 rings (SSSR count). The van der Waals surface area contributed by atoms with Crippen molar-refractivity contribution in [2.45, 2.75) is 52.6 Å². The molecule has 0 saturated heterocycles. The van der Waals surface area contributed by atoms with E-state index in [9.17, 15) is 0 Å². The summed E-state index contributed by atoms with van der Waals surface area (Å²) in [5.41, 5.74) is 1.33. The van der Waals surface area contributed by atoms with Gasteiger partial charge in [-0.25, -0.2) is 0 Å². The lowest BCUT2D eigenvalue weighted by atomic mass is 10.1. The van der Waals surface area contributed by atoms with Gasteiger partial charge in [-0.05, 0) is 64.8 Å². The van der Waals surface area contributed by atoms with E-state index in [1.807, 2.05) is 6.07 Å². The van der Waals surface area contributed by atoms with Crippen LogP contribution in [0.3, 0.4) is 0 Å². The Hall–Kier alpha value is -1.22. The van der Waals surface area contributed by atoms with Gasteiger partial charge in [0, 0.05) is 12.1 Å². The molecule has 0 unspecified atom stereocenters. The first-order valence-corrected chi connectivity index (χ1v) is 7.22. The molecule has 0 radical (unpaired) electrons. The lowest BCUT2D eigenvalue weighted by Gasteiger charge is -2.30. The highest BCUT2D eigenvalue weighted by molar-refractivity contribution is 5.44. The lowest BCUT2D eigenvalue weighted by Crippen LogP contribution is -2.37. The summed E-state index contributed by atoms with van der Waals surface area (Å²) in [5, 5.41) is 0. The highest BCUT2D eigenvalue weighted by Crippen LogP contribution is 2.32. The maximum absolute atomic E-state index is 5.41. The number of hydrogen-bond donors (Lipinski definition) is 0. The molecule has 0 fully saturated rings. The van der Waals surface area contributed by atoms with Crippen molar-refractivity contribution in [3.05, 3.63) is 23.8 Å². The Balaban J connectivity index is 1.85. The molecule has 0 N–H and O–H groups in total. The Labute approximate surface area is 116 Å². The van der Waals surface area contributed by atoms with E-state index in [0.717, 1.165) is 24.5 Å². The molecule has 0 atom stereocenters. The van der Waals surface area contributed by atoms with Gasteiger partial charge in [0.2, 0.25) is 6.79 Å². The second kappa shape index (κ2) is 6.29. The number of rotatable bonds is 6. The molecule has 19 heavy (non-hydrogen) atoms. The van der Waals surface area contributed by atoms with Crippen LogP contribution in [0.5, 0.6) is 11.5 Å². The highest BCUT2D eigenvalue weighted by atomic mass is 16.7. The van der Waals surface area contributed by atoms with Gasteiger partial charge in [0.05, 0.1) is 0 Å². The van der Waals surface area contributed by atoms with E-state index in [4.69, 9.17) is 9.47 Å². The molecule has 0 amide bonds. The summed E-state index contributed by atoms with van der Waals surface area (Å²) >= 11 is 0. The number of fused-ring (bicyclic) bond motifs is 1. The molecule has 0 spiro atoms. The molecule has 0 bridgehead atoms. The summed E-state index contributed by atoms with van der Waals surface area (Å²) in [6.45, 7) is 10.6. The minimum atomic E-state index is 0.354. The number of nitrogens with zero attached hydrogens (tertiary/aromatic N) is 1. The topological polar surface area (TPSA) is 21.7 Å². The van der Waals surface area contributed by atoms with E-state index in [2.05, 4.69) is 44.7 Å². The first-order valence-electron chi connectivity index (χ1n) is 7.22. The second-order valence-corrected chi connectivity index (χ2v) is 5.72. The zero-order chi connectivity index (χ0) is 13.8. The fourth-order valence-electron chi connectivity index (χ4n) is 2.67. The van der Waals surface area contributed by atoms with Crippen LogP contribution < -0.4 is 9.47 Å². The molecule has 3 heteroatoms. The van der Waals surface area contributed by atoms with E-state index in [1.165, 1.54) is 12.0 Å². The number of hydrogen-bond acceptors (Lipinski definition) is 3. The van der Waals surface area contributed by atoms with Crippen LogP contribution in [0.2, 0.25) is 0 Å². The first-order chi connectivity index (χ1) is 9.08. The molecule has 1 aromatic rings. The van der Waals surface area contributed by atoms with E-state index >= 15 is 0 Å². The minimum absolute atomic E-state index is 0.354. The van der Waals surface area contributed by atoms with Crippen LogP contribution in [0.4, 0.5) is 0 Å². The van der Waals surface area contributed by atoms with Crippen molar-refractivity contribution in [2.75, 3.05) is 13.3 Å². The van der Waals surface area contributed by atoms with E-state index in [0.29, 0.717) is 18.9 Å². The van der Waals surface area contributed by atoms with E-state index < -0.39 is 0 Å². The van der Waals surface area contributed by atoms with Gasteiger partial charge < -0.3 is 9.47 Å². The Kier molecular flexibility index (Phi) is 4.70. The molecule has 106 valence electrons. The van der Waals surface area contributed by atoms with Crippen molar-refractivity contribution >= 4 is 0 Å². The predicted molar refractivity (Wildman–Crippen MR) is 77.9 cm³/mol. The van der Waals surface area contributed by atoms with Gasteiger partial charge >= 0.3 is 0 Å². The summed E-state index contributed by atoms with van der Waals surface area (Å²) in [5.74, 6) is 1.76. The quantitative estimate of drug-likeness (QED) is 0.784. The lowest BCUT2D eigenvalue weighted by molar-refractivity contribution is 0.172. The van der Waals surface area contributed by atoms with Crippen LogP contribution in [0, 0.1) is 0 Å². The maximum Gasteiger partial charge on any atom is 0.231 e. The summed E-state index contributed by atoms with van der Waals surface area (Å²) in [6, 6.07) is 7.48. The summed E-state index contributed by atoms with van der Waals surface area (Å²) < 4.78 is 10.7. The van der Waals surface area contributed by atoms with Gasteiger partial charge in [-0.3, -0.25) is 4.90 Å². The Morgan fingerprint density at radius 2 is 1.74 bits per heavy atom. The normalized spacial score (nSPS) is 13.8. The summed E-state index contributed by atoms with van der Waals surface area (Å²) in [7, 11) is 0. The van der Waals surface area contributed by atoms with Crippen molar-refractivity contribution in [1.29, 1.82) is 0 Å². The third-order valence-electron chi connectivity index (χ3n) is 3.65. The predicted octanol–water partition coefficient (Wildman–Crippen LogP) is 3.47. The Morgan fingerprint density at radius 3 is 2.42 bits per heavy atom. The zero-order valence-corrected chi connectivity index (χ0v) is 12.5. The largest absolute Gasteiger partial charge is 0.454 e. The second-order valence-electron chi connectivity index (χ2n) is 5.72. The van der Waals surface area contributed by atoms with Crippen LogP contribution in [-0.4, -0.2) is 30.3 Å². The van der Waals surface area contributed by atoms with Crippen LogP contribution >= 0.6 is 0 Å². The Bertz CT molecular complexity index is 407. The van der Waals surface area contributed by atoms with E-state index in [1.54, 1.807) is 0 Å². The average molecular weight is 263 g/mol. The standard InChI is InChI=1S/C16H25NO2/c1-12(2)17(13(3)4)9-5-6-14-7-8-15-16(10-14)19-11-18-15/h7-8,10,12-13H,5-6,9,11H2,1-4H3. The van der Waals surface area contributed by atoms with Gasteiger partial charge in [0.25, 0.3) is 0 Å². The molecule has 0 saturated carbocycles. The smallest absolute Gasteiger partial charge is 0.231 e. The van der Waals surface area contributed by atoms with Gasteiger partial charge in [0.15, 0.2) is 11.5 Å². The third-order valence-corrected chi connectivity index (χ3v) is 3.65. The molecule has 1 aromatic carbocycles. The minimum Gasteiger partial charge on any atom is -0.454 e. The fourth-order valence-corrected chi connectivity index (χ4v) is 2.67. The number of ether oxygens (including phenoxy) is 2. The van der Waals surface area contributed by atoms with E-state index in [-0.39, 0.29) is 0 Å². The molecule has 3 nitrogen and oxygen atoms in total. The van der Waals surface area contributed by atoms with Gasteiger partial charge in [-0.2, -0.15) is 0 Å². The van der Waals surface area contributed by atoms with Crippen LogP contribution in [0.1, 0.15) is 39.7 Å². The van der Waals surface area contributed by atoms with Crippen LogP contribution in [0.15, 0.2) is 18.2 Å². The maximum atomic E-state index is 5.41. The van der Waals surface area contributed by atoms with Gasteiger partial charge in [-0.1, -0.05) is 6.07 Å². The molecule has 1 aliphatic heterocycles. The monoisotopic (exact) mass is 263 g/mol. The van der Waals surface area contributed by atoms with Crippen molar-refractivity contribution in [3.63, 3.8) is 0 Å². The highest BCUT2D eigenvalue weighted by Gasteiger charge is 2.14. The third kappa shape index (κ3) is 3.63. The average Bonchev–Trinajstić information content (AvgIpc) is 2.80.